The number of sulfonamides is 1. The fraction of sp³-hybridized carbons (Fsp3) is 0.588. The first kappa shape index (κ1) is 18.3. The predicted molar refractivity (Wildman–Crippen MR) is 94.0 cm³/mol. The van der Waals surface area contributed by atoms with Gasteiger partial charge in [0, 0.05) is 38.3 Å². The van der Waals surface area contributed by atoms with Crippen molar-refractivity contribution in [2.24, 2.45) is 0 Å². The highest BCUT2D eigenvalue weighted by Gasteiger charge is 2.28. The van der Waals surface area contributed by atoms with Gasteiger partial charge in [-0.05, 0) is 38.2 Å². The molecule has 3 rings (SSSR count). The smallest absolute Gasteiger partial charge is 0.254 e. The average Bonchev–Trinajstić information content (AvgIpc) is 2.62. The van der Waals surface area contributed by atoms with E-state index >= 15 is 0 Å². The van der Waals surface area contributed by atoms with Crippen LogP contribution in [0, 0.1) is 0 Å². The number of ether oxygens (including phenoxy) is 1. The minimum atomic E-state index is -3.50. The Morgan fingerprint density at radius 1 is 1.08 bits per heavy atom. The van der Waals surface area contributed by atoms with Crippen molar-refractivity contribution in [3.8, 4) is 0 Å². The molecule has 2 aliphatic heterocycles. The number of hydrogen-bond donors (Lipinski definition) is 0. The Morgan fingerprint density at radius 3 is 2.32 bits per heavy atom. The van der Waals surface area contributed by atoms with Crippen molar-refractivity contribution in [2.75, 3.05) is 53.0 Å². The maximum Gasteiger partial charge on any atom is 0.254 e. The third-order valence-corrected chi connectivity index (χ3v) is 6.74. The van der Waals surface area contributed by atoms with Gasteiger partial charge in [0.05, 0.1) is 24.2 Å². The molecule has 1 aromatic rings. The second kappa shape index (κ2) is 7.41. The van der Waals surface area contributed by atoms with Gasteiger partial charge in [-0.15, -0.1) is 0 Å². The lowest BCUT2D eigenvalue weighted by Crippen LogP contribution is -2.47. The van der Waals surface area contributed by atoms with E-state index in [1.54, 1.807) is 17.0 Å². The van der Waals surface area contributed by atoms with Crippen LogP contribution in [0.5, 0.6) is 0 Å². The number of piperazine rings is 1. The van der Waals surface area contributed by atoms with Gasteiger partial charge in [-0.1, -0.05) is 0 Å². The molecule has 2 heterocycles. The van der Waals surface area contributed by atoms with Crippen LogP contribution in [0.15, 0.2) is 29.2 Å². The zero-order chi connectivity index (χ0) is 18.0. The molecule has 0 spiro atoms. The van der Waals surface area contributed by atoms with E-state index in [9.17, 15) is 13.2 Å². The number of likely N-dealkylation sites (N-methyl/N-ethyl adjacent to an activating group) is 1. The van der Waals surface area contributed by atoms with Crippen molar-refractivity contribution in [1.82, 2.24) is 14.1 Å². The standard InChI is InChI=1S/C17H25N3O4S/c1-14-13-24-12-11-20(14)17(21)15-3-5-16(6-4-15)25(22,23)19-9-7-18(2)8-10-19/h3-6,14H,7-13H2,1-2H3. The van der Waals surface area contributed by atoms with E-state index < -0.39 is 10.0 Å². The van der Waals surface area contributed by atoms with Crippen molar-refractivity contribution in [3.05, 3.63) is 29.8 Å². The van der Waals surface area contributed by atoms with Crippen molar-refractivity contribution in [1.29, 1.82) is 0 Å². The van der Waals surface area contributed by atoms with Crippen LogP contribution in [0.25, 0.3) is 0 Å². The molecule has 7 nitrogen and oxygen atoms in total. The van der Waals surface area contributed by atoms with Crippen LogP contribution in [-0.2, 0) is 14.8 Å². The molecule has 2 aliphatic rings. The Hall–Kier alpha value is -1.48. The topological polar surface area (TPSA) is 70.2 Å². The highest BCUT2D eigenvalue weighted by Crippen LogP contribution is 2.19. The molecule has 0 aromatic heterocycles. The zero-order valence-electron chi connectivity index (χ0n) is 14.7. The van der Waals surface area contributed by atoms with E-state index in [0.717, 1.165) is 13.1 Å². The normalized spacial score (nSPS) is 23.6. The Morgan fingerprint density at radius 2 is 1.72 bits per heavy atom. The summed E-state index contributed by atoms with van der Waals surface area (Å²) in [7, 11) is -1.52. The summed E-state index contributed by atoms with van der Waals surface area (Å²) < 4.78 is 32.3. The summed E-state index contributed by atoms with van der Waals surface area (Å²) in [6.07, 6.45) is 0. The number of rotatable bonds is 3. The van der Waals surface area contributed by atoms with Gasteiger partial charge in [-0.25, -0.2) is 8.42 Å². The molecule has 2 saturated heterocycles. The van der Waals surface area contributed by atoms with Crippen LogP contribution in [0.4, 0.5) is 0 Å². The molecule has 1 aromatic carbocycles. The summed E-state index contributed by atoms with van der Waals surface area (Å²) in [5.41, 5.74) is 0.506. The molecule has 0 bridgehead atoms. The average molecular weight is 367 g/mol. The van der Waals surface area contributed by atoms with Gasteiger partial charge in [-0.3, -0.25) is 4.79 Å². The Balaban J connectivity index is 1.74. The lowest BCUT2D eigenvalue weighted by atomic mass is 10.1. The summed E-state index contributed by atoms with van der Waals surface area (Å²) in [4.78, 5) is 16.7. The van der Waals surface area contributed by atoms with Crippen molar-refractivity contribution >= 4 is 15.9 Å². The monoisotopic (exact) mass is 367 g/mol. The van der Waals surface area contributed by atoms with E-state index in [1.807, 2.05) is 14.0 Å². The van der Waals surface area contributed by atoms with Crippen LogP contribution in [0.3, 0.4) is 0 Å². The first-order chi connectivity index (χ1) is 11.9. The van der Waals surface area contributed by atoms with Gasteiger partial charge in [0.25, 0.3) is 5.91 Å². The second-order valence-electron chi connectivity index (χ2n) is 6.65. The maximum absolute atomic E-state index is 12.7. The lowest BCUT2D eigenvalue weighted by molar-refractivity contribution is 0.00359. The van der Waals surface area contributed by atoms with Crippen molar-refractivity contribution < 1.29 is 17.9 Å². The van der Waals surface area contributed by atoms with Crippen LogP contribution < -0.4 is 0 Å². The number of nitrogens with zero attached hydrogens (tertiary/aromatic N) is 3. The highest BCUT2D eigenvalue weighted by atomic mass is 32.2. The van der Waals surface area contributed by atoms with Gasteiger partial charge in [0.15, 0.2) is 0 Å². The van der Waals surface area contributed by atoms with Gasteiger partial charge >= 0.3 is 0 Å². The second-order valence-corrected chi connectivity index (χ2v) is 8.59. The minimum Gasteiger partial charge on any atom is -0.377 e. The predicted octanol–water partition coefficient (Wildman–Crippen LogP) is 0.484. The summed E-state index contributed by atoms with van der Waals surface area (Å²) in [6, 6.07) is 6.30. The molecule has 2 fully saturated rings. The summed E-state index contributed by atoms with van der Waals surface area (Å²) in [5, 5.41) is 0. The first-order valence-electron chi connectivity index (χ1n) is 8.57. The van der Waals surface area contributed by atoms with Crippen LogP contribution >= 0.6 is 0 Å². The first-order valence-corrected chi connectivity index (χ1v) is 10.0. The molecule has 8 heteroatoms. The molecule has 25 heavy (non-hydrogen) atoms. The largest absolute Gasteiger partial charge is 0.377 e. The number of amides is 1. The molecule has 0 saturated carbocycles. The number of benzene rings is 1. The van der Waals surface area contributed by atoms with Crippen molar-refractivity contribution in [2.45, 2.75) is 17.9 Å². The molecule has 0 radical (unpaired) electrons. The summed E-state index contributed by atoms with van der Waals surface area (Å²) in [5.74, 6) is -0.0839. The lowest BCUT2D eigenvalue weighted by Gasteiger charge is -2.33. The Labute approximate surface area is 149 Å². The fourth-order valence-electron chi connectivity index (χ4n) is 3.14. The van der Waals surface area contributed by atoms with Crippen LogP contribution in [-0.4, -0.2) is 87.5 Å². The number of carbonyl (C=O) groups is 1. The molecule has 1 amide bonds. The molecule has 138 valence electrons. The zero-order valence-corrected chi connectivity index (χ0v) is 15.5. The molecule has 1 unspecified atom stereocenters. The third-order valence-electron chi connectivity index (χ3n) is 4.83. The van der Waals surface area contributed by atoms with Gasteiger partial charge in [0.2, 0.25) is 10.0 Å². The van der Waals surface area contributed by atoms with E-state index in [0.29, 0.717) is 38.4 Å². The van der Waals surface area contributed by atoms with E-state index in [1.165, 1.54) is 16.4 Å². The number of carbonyl (C=O) groups excluding carboxylic acids is 1. The molecular weight excluding hydrogens is 342 g/mol. The van der Waals surface area contributed by atoms with Gasteiger partial charge in [0.1, 0.15) is 0 Å². The molecule has 0 aliphatic carbocycles. The highest BCUT2D eigenvalue weighted by molar-refractivity contribution is 7.89. The minimum absolute atomic E-state index is 0.0231. The van der Waals surface area contributed by atoms with Crippen LogP contribution in [0.1, 0.15) is 17.3 Å². The summed E-state index contributed by atoms with van der Waals surface area (Å²) in [6.45, 7) is 6.00. The number of hydrogen-bond acceptors (Lipinski definition) is 5. The Kier molecular flexibility index (Phi) is 5.43. The van der Waals surface area contributed by atoms with E-state index in [-0.39, 0.29) is 16.8 Å². The third kappa shape index (κ3) is 3.87. The number of morpholine rings is 1. The Bertz CT molecular complexity index is 712. The quantitative estimate of drug-likeness (QED) is 0.777. The molecule has 0 N–H and O–H groups in total. The van der Waals surface area contributed by atoms with Gasteiger partial charge in [-0.2, -0.15) is 4.31 Å². The van der Waals surface area contributed by atoms with E-state index in [4.69, 9.17) is 4.74 Å². The SMILES string of the molecule is CC1COCCN1C(=O)c1ccc(S(=O)(=O)N2CCN(C)CC2)cc1. The van der Waals surface area contributed by atoms with Crippen LogP contribution in [0.2, 0.25) is 0 Å². The summed E-state index contributed by atoms with van der Waals surface area (Å²) >= 11 is 0. The molecule has 1 atom stereocenters. The molecular formula is C17H25N3O4S. The fourth-order valence-corrected chi connectivity index (χ4v) is 4.56. The van der Waals surface area contributed by atoms with Crippen molar-refractivity contribution in [3.63, 3.8) is 0 Å². The maximum atomic E-state index is 12.7. The van der Waals surface area contributed by atoms with Gasteiger partial charge < -0.3 is 14.5 Å². The van der Waals surface area contributed by atoms with E-state index in [2.05, 4.69) is 4.90 Å².